The second kappa shape index (κ2) is 12.4. The van der Waals surface area contributed by atoms with Crippen LogP contribution in [0.2, 0.25) is 0 Å². The number of halogens is 3. The number of benzene rings is 1. The number of nitrogens with two attached hydrogens (primary N) is 1. The van der Waals surface area contributed by atoms with E-state index in [1.165, 1.54) is 23.5 Å². The molecule has 0 unspecified atom stereocenters. The van der Waals surface area contributed by atoms with Crippen LogP contribution < -0.4 is 5.73 Å². The lowest BCUT2D eigenvalue weighted by molar-refractivity contribution is 0.00855. The van der Waals surface area contributed by atoms with Crippen LogP contribution in [0, 0.1) is 12.7 Å². The first-order valence-electron chi connectivity index (χ1n) is 9.38. The summed E-state index contributed by atoms with van der Waals surface area (Å²) in [5.41, 5.74) is 7.24. The number of likely N-dealkylation sites (tertiary alicyclic amines) is 1. The number of aryl methyl sites for hydroxylation is 1. The smallest absolute Gasteiger partial charge is 0.265 e. The molecule has 1 aliphatic rings. The minimum absolute atomic E-state index is 0. The van der Waals surface area contributed by atoms with Gasteiger partial charge in [0.1, 0.15) is 10.7 Å². The van der Waals surface area contributed by atoms with Crippen molar-refractivity contribution in [2.24, 2.45) is 5.73 Å². The fourth-order valence-electron chi connectivity index (χ4n) is 3.21. The summed E-state index contributed by atoms with van der Waals surface area (Å²) < 4.78 is 18.8. The van der Waals surface area contributed by atoms with Gasteiger partial charge in [-0.15, -0.1) is 36.2 Å². The largest absolute Gasteiger partial charge is 0.378 e. The maximum absolute atomic E-state index is 13.0. The number of ether oxygens (including phenoxy) is 1. The zero-order valence-corrected chi connectivity index (χ0v) is 18.9. The molecule has 1 aromatic heterocycles. The van der Waals surface area contributed by atoms with Gasteiger partial charge < -0.3 is 15.4 Å². The third-order valence-corrected chi connectivity index (χ3v) is 5.88. The monoisotopic (exact) mass is 463 g/mol. The number of carbonyl (C=O) groups is 1. The van der Waals surface area contributed by atoms with Crippen LogP contribution in [0.15, 0.2) is 24.3 Å². The zero-order chi connectivity index (χ0) is 19.2. The summed E-state index contributed by atoms with van der Waals surface area (Å²) in [5.74, 6) is -0.198. The minimum Gasteiger partial charge on any atom is -0.378 e. The van der Waals surface area contributed by atoms with Crippen molar-refractivity contribution in [2.45, 2.75) is 38.7 Å². The Balaban J connectivity index is 0.00000210. The van der Waals surface area contributed by atoms with Crippen LogP contribution in [0.4, 0.5) is 4.39 Å². The topological polar surface area (TPSA) is 68.5 Å². The second-order valence-corrected chi connectivity index (χ2v) is 7.91. The number of thiazole rings is 1. The third kappa shape index (κ3) is 7.19. The van der Waals surface area contributed by atoms with Gasteiger partial charge in [0, 0.05) is 26.1 Å². The molecule has 1 aliphatic heterocycles. The first-order valence-corrected chi connectivity index (χ1v) is 10.2. The summed E-state index contributed by atoms with van der Waals surface area (Å²) in [4.78, 5) is 20.0. The first-order chi connectivity index (χ1) is 13.1. The highest BCUT2D eigenvalue weighted by Gasteiger charge is 2.26. The van der Waals surface area contributed by atoms with Gasteiger partial charge in [-0.25, -0.2) is 9.37 Å². The normalized spacial score (nSPS) is 14.2. The van der Waals surface area contributed by atoms with Crippen molar-refractivity contribution in [3.05, 3.63) is 51.2 Å². The van der Waals surface area contributed by atoms with Crippen molar-refractivity contribution in [1.82, 2.24) is 9.88 Å². The molecule has 5 nitrogen and oxygen atoms in total. The molecule has 1 amide bonds. The summed E-state index contributed by atoms with van der Waals surface area (Å²) >= 11 is 1.44. The molecule has 9 heteroatoms. The predicted octanol–water partition coefficient (Wildman–Crippen LogP) is 4.00. The van der Waals surface area contributed by atoms with Crippen LogP contribution >= 0.6 is 36.2 Å². The summed E-state index contributed by atoms with van der Waals surface area (Å²) in [7, 11) is 0. The quantitative estimate of drug-likeness (QED) is 0.630. The summed E-state index contributed by atoms with van der Waals surface area (Å²) in [6.45, 7) is 4.62. The fraction of sp³-hybridized carbons (Fsp3) is 0.500. The Hall–Kier alpha value is -1.25. The molecule has 0 radical (unpaired) electrons. The molecule has 2 aromatic rings. The molecule has 0 bridgehead atoms. The van der Waals surface area contributed by atoms with E-state index in [9.17, 15) is 9.18 Å². The van der Waals surface area contributed by atoms with E-state index in [1.54, 1.807) is 12.1 Å². The standard InChI is InChI=1S/C20H26FN3O2S.2ClH/c1-14-19(27-18(23-14)13-15-3-5-16(21)6-4-15)20(25)24-10-7-17(8-11-24)26-12-2-9-22;;/h3-6,17H,2,7-13,22H2,1H3;2*1H. The maximum atomic E-state index is 13.0. The Labute approximate surface area is 187 Å². The van der Waals surface area contributed by atoms with Gasteiger partial charge >= 0.3 is 0 Å². The lowest BCUT2D eigenvalue weighted by atomic mass is 10.1. The average Bonchev–Trinajstić information content (AvgIpc) is 3.04. The van der Waals surface area contributed by atoms with Crippen LogP contribution in [0.1, 0.15) is 45.2 Å². The van der Waals surface area contributed by atoms with E-state index in [0.29, 0.717) is 37.5 Å². The summed E-state index contributed by atoms with van der Waals surface area (Å²) in [5, 5.41) is 0.877. The Bertz CT molecular complexity index is 766. The average molecular weight is 464 g/mol. The van der Waals surface area contributed by atoms with E-state index in [0.717, 1.165) is 35.5 Å². The molecule has 3 rings (SSSR count). The van der Waals surface area contributed by atoms with Gasteiger partial charge in [-0.3, -0.25) is 4.79 Å². The van der Waals surface area contributed by atoms with E-state index in [-0.39, 0.29) is 42.6 Å². The maximum Gasteiger partial charge on any atom is 0.265 e. The lowest BCUT2D eigenvalue weighted by Gasteiger charge is -2.31. The van der Waals surface area contributed by atoms with Crippen molar-refractivity contribution < 1.29 is 13.9 Å². The van der Waals surface area contributed by atoms with E-state index in [1.807, 2.05) is 11.8 Å². The van der Waals surface area contributed by atoms with E-state index in [2.05, 4.69) is 4.98 Å². The molecule has 2 N–H and O–H groups in total. The molecule has 29 heavy (non-hydrogen) atoms. The number of piperidine rings is 1. The fourth-order valence-corrected chi connectivity index (χ4v) is 4.27. The molecule has 2 heterocycles. The number of amides is 1. The van der Waals surface area contributed by atoms with Crippen LogP contribution in [0.3, 0.4) is 0 Å². The van der Waals surface area contributed by atoms with Crippen LogP contribution in [0.25, 0.3) is 0 Å². The molecule has 0 atom stereocenters. The van der Waals surface area contributed by atoms with E-state index >= 15 is 0 Å². The lowest BCUT2D eigenvalue weighted by Crippen LogP contribution is -2.41. The van der Waals surface area contributed by atoms with Crippen LogP contribution in [-0.4, -0.2) is 48.1 Å². The van der Waals surface area contributed by atoms with Crippen LogP contribution in [-0.2, 0) is 11.2 Å². The van der Waals surface area contributed by atoms with Crippen molar-refractivity contribution >= 4 is 42.1 Å². The number of rotatable bonds is 7. The Morgan fingerprint density at radius 3 is 2.55 bits per heavy atom. The predicted molar refractivity (Wildman–Crippen MR) is 119 cm³/mol. The molecule has 1 fully saturated rings. The SMILES string of the molecule is Cc1nc(Cc2ccc(F)cc2)sc1C(=O)N1CCC(OCCCN)CC1.Cl.Cl. The van der Waals surface area contributed by atoms with Gasteiger partial charge in [0.25, 0.3) is 5.91 Å². The van der Waals surface area contributed by atoms with Gasteiger partial charge in [0.15, 0.2) is 0 Å². The van der Waals surface area contributed by atoms with Crippen molar-refractivity contribution in [3.63, 3.8) is 0 Å². The van der Waals surface area contributed by atoms with E-state index < -0.39 is 0 Å². The number of aromatic nitrogens is 1. The van der Waals surface area contributed by atoms with Gasteiger partial charge in [0.2, 0.25) is 0 Å². The molecular formula is C20H28Cl2FN3O2S. The molecule has 0 aliphatic carbocycles. The summed E-state index contributed by atoms with van der Waals surface area (Å²) in [6, 6.07) is 6.40. The van der Waals surface area contributed by atoms with Gasteiger partial charge in [-0.2, -0.15) is 0 Å². The second-order valence-electron chi connectivity index (χ2n) is 6.83. The zero-order valence-electron chi connectivity index (χ0n) is 16.4. The molecule has 1 saturated heterocycles. The Morgan fingerprint density at radius 1 is 1.28 bits per heavy atom. The third-order valence-electron chi connectivity index (χ3n) is 4.73. The van der Waals surface area contributed by atoms with Gasteiger partial charge in [0.05, 0.1) is 16.8 Å². The Kier molecular flexibility index (Phi) is 11.1. The molecule has 0 spiro atoms. The van der Waals surface area contributed by atoms with Gasteiger partial charge in [-0.1, -0.05) is 12.1 Å². The minimum atomic E-state index is -0.250. The highest BCUT2D eigenvalue weighted by Crippen LogP contribution is 2.24. The van der Waals surface area contributed by atoms with Crippen LogP contribution in [0.5, 0.6) is 0 Å². The molecule has 1 aromatic carbocycles. The highest BCUT2D eigenvalue weighted by atomic mass is 35.5. The van der Waals surface area contributed by atoms with Crippen molar-refractivity contribution in [1.29, 1.82) is 0 Å². The summed E-state index contributed by atoms with van der Waals surface area (Å²) in [6.07, 6.45) is 3.41. The number of hydrogen-bond donors (Lipinski definition) is 1. The number of hydrogen-bond acceptors (Lipinski definition) is 5. The van der Waals surface area contributed by atoms with Gasteiger partial charge in [-0.05, 0) is 50.4 Å². The molecule has 162 valence electrons. The molecule has 0 saturated carbocycles. The number of nitrogens with zero attached hydrogens (tertiary/aromatic N) is 2. The van der Waals surface area contributed by atoms with Crippen molar-refractivity contribution in [3.8, 4) is 0 Å². The first kappa shape index (κ1) is 25.8. The van der Waals surface area contributed by atoms with Crippen molar-refractivity contribution in [2.75, 3.05) is 26.2 Å². The Morgan fingerprint density at radius 2 is 1.93 bits per heavy atom. The highest BCUT2D eigenvalue weighted by molar-refractivity contribution is 7.13. The molecular weight excluding hydrogens is 436 g/mol. The van der Waals surface area contributed by atoms with E-state index in [4.69, 9.17) is 10.5 Å². The number of carbonyl (C=O) groups excluding carboxylic acids is 1.